The Morgan fingerprint density at radius 1 is 1.50 bits per heavy atom. The Bertz CT molecular complexity index is 300. The van der Waals surface area contributed by atoms with Crippen LogP contribution in [0.5, 0.6) is 0 Å². The zero-order chi connectivity index (χ0) is 9.97. The summed E-state index contributed by atoms with van der Waals surface area (Å²) in [6, 6.07) is 0.535. The molecular weight excluding hydrogens is 192 g/mol. The van der Waals surface area contributed by atoms with Gasteiger partial charge in [-0.1, -0.05) is 13.3 Å². The highest BCUT2D eigenvalue weighted by Gasteiger charge is 2.18. The highest BCUT2D eigenvalue weighted by atomic mass is 32.1. The molecule has 0 radical (unpaired) electrons. The van der Waals surface area contributed by atoms with E-state index in [4.69, 9.17) is 0 Å². The Kier molecular flexibility index (Phi) is 3.19. The molecule has 1 atom stereocenters. The molecular formula is C11H18N2S. The Morgan fingerprint density at radius 2 is 2.36 bits per heavy atom. The van der Waals surface area contributed by atoms with Crippen LogP contribution in [0.15, 0.2) is 0 Å². The van der Waals surface area contributed by atoms with Crippen molar-refractivity contribution >= 4 is 11.3 Å². The van der Waals surface area contributed by atoms with Gasteiger partial charge >= 0.3 is 0 Å². The first-order valence-corrected chi connectivity index (χ1v) is 6.32. The van der Waals surface area contributed by atoms with Crippen molar-refractivity contribution in [1.29, 1.82) is 0 Å². The first-order valence-electron chi connectivity index (χ1n) is 5.51. The van der Waals surface area contributed by atoms with E-state index in [1.807, 2.05) is 11.3 Å². The van der Waals surface area contributed by atoms with Crippen molar-refractivity contribution in [2.24, 2.45) is 0 Å². The summed E-state index contributed by atoms with van der Waals surface area (Å²) in [6.07, 6.45) is 5.05. The summed E-state index contributed by atoms with van der Waals surface area (Å²) in [6.45, 7) is 5.49. The lowest BCUT2D eigenvalue weighted by atomic mass is 10.1. The van der Waals surface area contributed by atoms with E-state index >= 15 is 0 Å². The Morgan fingerprint density at radius 3 is 2.93 bits per heavy atom. The second-order valence-electron chi connectivity index (χ2n) is 3.92. The van der Waals surface area contributed by atoms with Crippen LogP contribution in [0.3, 0.4) is 0 Å². The SMILES string of the molecule is CCc1sc(C2CCCCN2)nc1C. The third-order valence-corrected chi connectivity index (χ3v) is 4.25. The zero-order valence-corrected chi connectivity index (χ0v) is 9.78. The fourth-order valence-electron chi connectivity index (χ4n) is 1.99. The summed E-state index contributed by atoms with van der Waals surface area (Å²) >= 11 is 1.89. The summed E-state index contributed by atoms with van der Waals surface area (Å²) in [5, 5.41) is 4.85. The molecule has 0 bridgehead atoms. The second-order valence-corrected chi connectivity index (χ2v) is 5.03. The van der Waals surface area contributed by atoms with E-state index < -0.39 is 0 Å². The third kappa shape index (κ3) is 1.98. The maximum absolute atomic E-state index is 4.66. The number of aryl methyl sites for hydroxylation is 2. The van der Waals surface area contributed by atoms with Crippen LogP contribution in [0.4, 0.5) is 0 Å². The predicted octanol–water partition coefficient (Wildman–Crippen LogP) is 2.83. The summed E-state index contributed by atoms with van der Waals surface area (Å²) in [5.41, 5.74) is 1.24. The van der Waals surface area contributed by atoms with Gasteiger partial charge in [0, 0.05) is 4.88 Å². The predicted molar refractivity (Wildman–Crippen MR) is 60.8 cm³/mol. The maximum atomic E-state index is 4.66. The standard InChI is InChI=1S/C11H18N2S/c1-3-10-8(2)13-11(14-10)9-6-4-5-7-12-9/h9,12H,3-7H2,1-2H3. The van der Waals surface area contributed by atoms with Gasteiger partial charge in [-0.25, -0.2) is 4.98 Å². The van der Waals surface area contributed by atoms with Crippen molar-refractivity contribution in [3.8, 4) is 0 Å². The molecule has 0 amide bonds. The van der Waals surface area contributed by atoms with Crippen LogP contribution in [-0.4, -0.2) is 11.5 Å². The van der Waals surface area contributed by atoms with E-state index in [0.717, 1.165) is 13.0 Å². The van der Waals surface area contributed by atoms with Crippen molar-refractivity contribution in [3.63, 3.8) is 0 Å². The Balaban J connectivity index is 2.14. The normalized spacial score (nSPS) is 22.6. The number of nitrogens with zero attached hydrogens (tertiary/aromatic N) is 1. The van der Waals surface area contributed by atoms with Crippen molar-refractivity contribution < 1.29 is 0 Å². The number of piperidine rings is 1. The fourth-order valence-corrected chi connectivity index (χ4v) is 3.11. The van der Waals surface area contributed by atoms with Gasteiger partial charge in [0.2, 0.25) is 0 Å². The molecule has 14 heavy (non-hydrogen) atoms. The molecule has 2 heterocycles. The lowest BCUT2D eigenvalue weighted by Gasteiger charge is -2.21. The number of thiazole rings is 1. The van der Waals surface area contributed by atoms with Gasteiger partial charge in [0.15, 0.2) is 0 Å². The van der Waals surface area contributed by atoms with E-state index in [1.165, 1.54) is 34.8 Å². The summed E-state index contributed by atoms with van der Waals surface area (Å²) < 4.78 is 0. The molecule has 2 rings (SSSR count). The largest absolute Gasteiger partial charge is 0.308 e. The molecule has 2 nitrogen and oxygen atoms in total. The minimum Gasteiger partial charge on any atom is -0.308 e. The fraction of sp³-hybridized carbons (Fsp3) is 0.727. The van der Waals surface area contributed by atoms with Gasteiger partial charge in [-0.3, -0.25) is 0 Å². The van der Waals surface area contributed by atoms with Gasteiger partial charge in [0.1, 0.15) is 5.01 Å². The molecule has 1 aliphatic heterocycles. The van der Waals surface area contributed by atoms with Gasteiger partial charge in [-0.2, -0.15) is 0 Å². The molecule has 78 valence electrons. The second kappa shape index (κ2) is 4.41. The molecule has 1 aromatic rings. The van der Waals surface area contributed by atoms with Crippen molar-refractivity contribution in [1.82, 2.24) is 10.3 Å². The lowest BCUT2D eigenvalue weighted by Crippen LogP contribution is -2.26. The first-order chi connectivity index (χ1) is 6.81. The molecule has 1 fully saturated rings. The van der Waals surface area contributed by atoms with Crippen LogP contribution in [0.2, 0.25) is 0 Å². The molecule has 1 aliphatic rings. The third-order valence-electron chi connectivity index (χ3n) is 2.84. The maximum Gasteiger partial charge on any atom is 0.110 e. The van der Waals surface area contributed by atoms with E-state index in [-0.39, 0.29) is 0 Å². The van der Waals surface area contributed by atoms with Crippen LogP contribution in [0.1, 0.15) is 47.8 Å². The average molecular weight is 210 g/mol. The molecule has 3 heteroatoms. The van der Waals surface area contributed by atoms with Crippen LogP contribution in [0, 0.1) is 6.92 Å². The average Bonchev–Trinajstić information content (AvgIpc) is 2.61. The van der Waals surface area contributed by atoms with Crippen LogP contribution < -0.4 is 5.32 Å². The highest BCUT2D eigenvalue weighted by Crippen LogP contribution is 2.28. The van der Waals surface area contributed by atoms with E-state index in [1.54, 1.807) is 0 Å². The molecule has 0 saturated carbocycles. The number of hydrogen-bond acceptors (Lipinski definition) is 3. The van der Waals surface area contributed by atoms with Crippen LogP contribution >= 0.6 is 11.3 Å². The monoisotopic (exact) mass is 210 g/mol. The number of aromatic nitrogens is 1. The van der Waals surface area contributed by atoms with Gasteiger partial charge in [0.05, 0.1) is 11.7 Å². The minimum absolute atomic E-state index is 0.535. The summed E-state index contributed by atoms with van der Waals surface area (Å²) in [4.78, 5) is 6.11. The van der Waals surface area contributed by atoms with E-state index in [9.17, 15) is 0 Å². The van der Waals surface area contributed by atoms with Gasteiger partial charge in [0.25, 0.3) is 0 Å². The topological polar surface area (TPSA) is 24.9 Å². The Hall–Kier alpha value is -0.410. The van der Waals surface area contributed by atoms with E-state index in [0.29, 0.717) is 6.04 Å². The molecule has 1 N–H and O–H groups in total. The van der Waals surface area contributed by atoms with Crippen LogP contribution in [0.25, 0.3) is 0 Å². The quantitative estimate of drug-likeness (QED) is 0.812. The number of hydrogen-bond donors (Lipinski definition) is 1. The Labute approximate surface area is 89.8 Å². The van der Waals surface area contributed by atoms with Gasteiger partial charge < -0.3 is 5.32 Å². The molecule has 0 spiro atoms. The number of rotatable bonds is 2. The van der Waals surface area contributed by atoms with Gasteiger partial charge in [-0.05, 0) is 32.7 Å². The lowest BCUT2D eigenvalue weighted by molar-refractivity contribution is 0.411. The zero-order valence-electron chi connectivity index (χ0n) is 8.97. The molecule has 0 aliphatic carbocycles. The molecule has 1 unspecified atom stereocenters. The van der Waals surface area contributed by atoms with Crippen molar-refractivity contribution in [2.45, 2.75) is 45.6 Å². The highest BCUT2D eigenvalue weighted by molar-refractivity contribution is 7.11. The van der Waals surface area contributed by atoms with Crippen molar-refractivity contribution in [2.75, 3.05) is 6.54 Å². The molecule has 1 saturated heterocycles. The van der Waals surface area contributed by atoms with Crippen LogP contribution in [-0.2, 0) is 6.42 Å². The summed E-state index contributed by atoms with van der Waals surface area (Å²) in [7, 11) is 0. The summed E-state index contributed by atoms with van der Waals surface area (Å²) in [5.74, 6) is 0. The molecule has 0 aromatic carbocycles. The molecule has 1 aromatic heterocycles. The number of nitrogens with one attached hydrogen (secondary N) is 1. The van der Waals surface area contributed by atoms with Gasteiger partial charge in [-0.15, -0.1) is 11.3 Å². The minimum atomic E-state index is 0.535. The smallest absolute Gasteiger partial charge is 0.110 e. The van der Waals surface area contributed by atoms with Crippen molar-refractivity contribution in [3.05, 3.63) is 15.6 Å². The van der Waals surface area contributed by atoms with E-state index in [2.05, 4.69) is 24.1 Å². The first kappa shape index (κ1) is 10.1.